The smallest absolute Gasteiger partial charge is 0.321 e. The molecule has 2 saturated heterocycles. The highest BCUT2D eigenvalue weighted by atomic mass is 32.2. The summed E-state index contributed by atoms with van der Waals surface area (Å²) in [7, 11) is 1.60. The van der Waals surface area contributed by atoms with Crippen molar-refractivity contribution in [3.05, 3.63) is 24.3 Å². The van der Waals surface area contributed by atoms with Gasteiger partial charge in [0, 0.05) is 31.7 Å². The van der Waals surface area contributed by atoms with Gasteiger partial charge in [0.05, 0.1) is 19.4 Å². The van der Waals surface area contributed by atoms with Gasteiger partial charge in [-0.3, -0.25) is 0 Å². The standard InChI is InChI=1S/C15H20N2O3S/c1-19-13-5-3-2-4-12(13)16-14(18)17-8-6-15(7-9-17)20-10-11-21-15/h2-5H,6-11H2,1H3,(H,16,18). The number of nitrogens with zero attached hydrogens (tertiary/aromatic N) is 1. The van der Waals surface area contributed by atoms with Gasteiger partial charge in [-0.25, -0.2) is 4.79 Å². The fraction of sp³-hybridized carbons (Fsp3) is 0.533. The van der Waals surface area contributed by atoms with Crippen LogP contribution in [0.4, 0.5) is 10.5 Å². The highest BCUT2D eigenvalue weighted by Crippen LogP contribution is 2.41. The molecule has 5 nitrogen and oxygen atoms in total. The molecule has 0 aromatic heterocycles. The molecule has 114 valence electrons. The maximum atomic E-state index is 12.4. The molecule has 3 rings (SSSR count). The number of urea groups is 1. The summed E-state index contributed by atoms with van der Waals surface area (Å²) in [5.74, 6) is 1.74. The Hall–Kier alpha value is -1.40. The normalized spacial score (nSPS) is 20.5. The Labute approximate surface area is 129 Å². The monoisotopic (exact) mass is 308 g/mol. The van der Waals surface area contributed by atoms with E-state index in [1.807, 2.05) is 40.9 Å². The fourth-order valence-electron chi connectivity index (χ4n) is 2.78. The highest BCUT2D eigenvalue weighted by Gasteiger charge is 2.40. The van der Waals surface area contributed by atoms with Gasteiger partial charge in [-0.15, -0.1) is 11.8 Å². The van der Waals surface area contributed by atoms with Gasteiger partial charge >= 0.3 is 6.03 Å². The van der Waals surface area contributed by atoms with Crippen LogP contribution in [0, 0.1) is 0 Å². The van der Waals surface area contributed by atoms with Crippen LogP contribution in [0.1, 0.15) is 12.8 Å². The molecule has 21 heavy (non-hydrogen) atoms. The van der Waals surface area contributed by atoms with Crippen molar-refractivity contribution in [3.63, 3.8) is 0 Å². The topological polar surface area (TPSA) is 50.8 Å². The first kappa shape index (κ1) is 14.5. The summed E-state index contributed by atoms with van der Waals surface area (Å²) >= 11 is 1.89. The third kappa shape index (κ3) is 3.11. The molecule has 6 heteroatoms. The number of likely N-dealkylation sites (tertiary alicyclic amines) is 1. The van der Waals surface area contributed by atoms with Crippen LogP contribution >= 0.6 is 11.8 Å². The van der Waals surface area contributed by atoms with Gasteiger partial charge in [0.25, 0.3) is 0 Å². The molecule has 1 spiro atoms. The lowest BCUT2D eigenvalue weighted by Crippen LogP contribution is -2.46. The van der Waals surface area contributed by atoms with E-state index in [1.165, 1.54) is 0 Å². The van der Waals surface area contributed by atoms with Gasteiger partial charge in [0.1, 0.15) is 10.7 Å². The number of rotatable bonds is 2. The zero-order chi connectivity index (χ0) is 14.7. The zero-order valence-corrected chi connectivity index (χ0v) is 12.9. The van der Waals surface area contributed by atoms with Crippen molar-refractivity contribution in [1.82, 2.24) is 4.90 Å². The first-order chi connectivity index (χ1) is 10.2. The lowest BCUT2D eigenvalue weighted by atomic mass is 10.1. The molecule has 1 aromatic rings. The molecule has 0 radical (unpaired) electrons. The molecular formula is C15H20N2O3S. The van der Waals surface area contributed by atoms with Crippen molar-refractivity contribution in [2.45, 2.75) is 17.8 Å². The highest BCUT2D eigenvalue weighted by molar-refractivity contribution is 8.00. The van der Waals surface area contributed by atoms with Crippen LogP contribution in [-0.2, 0) is 4.74 Å². The van der Waals surface area contributed by atoms with Crippen LogP contribution in [0.25, 0.3) is 0 Å². The lowest BCUT2D eigenvalue weighted by molar-refractivity contribution is 0.0105. The van der Waals surface area contributed by atoms with Gasteiger partial charge in [-0.05, 0) is 12.1 Å². The summed E-state index contributed by atoms with van der Waals surface area (Å²) in [6.07, 6.45) is 1.80. The predicted octanol–water partition coefficient (Wildman–Crippen LogP) is 2.78. The van der Waals surface area contributed by atoms with Crippen molar-refractivity contribution in [3.8, 4) is 5.75 Å². The van der Waals surface area contributed by atoms with Crippen LogP contribution < -0.4 is 10.1 Å². The number of piperidine rings is 1. The van der Waals surface area contributed by atoms with E-state index < -0.39 is 0 Å². The number of carbonyl (C=O) groups is 1. The Morgan fingerprint density at radius 2 is 2.14 bits per heavy atom. The summed E-state index contributed by atoms with van der Waals surface area (Å²) < 4.78 is 11.1. The van der Waals surface area contributed by atoms with E-state index in [4.69, 9.17) is 9.47 Å². The van der Waals surface area contributed by atoms with Crippen LogP contribution in [0.5, 0.6) is 5.75 Å². The SMILES string of the molecule is COc1ccccc1NC(=O)N1CCC2(CC1)OCCS2. The Morgan fingerprint density at radius 1 is 1.38 bits per heavy atom. The number of benzene rings is 1. The average molecular weight is 308 g/mol. The van der Waals surface area contributed by atoms with Gasteiger partial charge in [0.15, 0.2) is 0 Å². The summed E-state index contributed by atoms with van der Waals surface area (Å²) in [5.41, 5.74) is 0.705. The van der Waals surface area contributed by atoms with E-state index in [2.05, 4.69) is 5.32 Å². The van der Waals surface area contributed by atoms with Crippen molar-refractivity contribution in [2.24, 2.45) is 0 Å². The van der Waals surface area contributed by atoms with Gasteiger partial charge in [-0.2, -0.15) is 0 Å². The Bertz CT molecular complexity index is 507. The summed E-state index contributed by atoms with van der Waals surface area (Å²) in [6, 6.07) is 7.37. The molecule has 2 heterocycles. The molecule has 0 bridgehead atoms. The van der Waals surface area contributed by atoms with Gasteiger partial charge in [-0.1, -0.05) is 12.1 Å². The number of anilines is 1. The molecule has 2 aliphatic rings. The Kier molecular flexibility index (Phi) is 4.26. The van der Waals surface area contributed by atoms with Gasteiger partial charge in [0.2, 0.25) is 0 Å². The second-order valence-corrected chi connectivity index (χ2v) is 6.67. The first-order valence-corrected chi connectivity index (χ1v) is 8.18. The number of hydrogen-bond acceptors (Lipinski definition) is 4. The summed E-state index contributed by atoms with van der Waals surface area (Å²) in [6.45, 7) is 2.29. The number of para-hydroxylation sites is 2. The number of nitrogens with one attached hydrogen (secondary N) is 1. The molecule has 0 saturated carbocycles. The molecule has 2 amide bonds. The average Bonchev–Trinajstić information content (AvgIpc) is 2.96. The molecule has 0 aliphatic carbocycles. The lowest BCUT2D eigenvalue weighted by Gasteiger charge is -2.37. The van der Waals surface area contributed by atoms with Gasteiger partial charge < -0.3 is 19.7 Å². The molecular weight excluding hydrogens is 288 g/mol. The quantitative estimate of drug-likeness (QED) is 0.913. The second-order valence-electron chi connectivity index (χ2n) is 5.23. The summed E-state index contributed by atoms with van der Waals surface area (Å²) in [5, 5.41) is 2.92. The minimum Gasteiger partial charge on any atom is -0.495 e. The second kappa shape index (κ2) is 6.15. The van der Waals surface area contributed by atoms with E-state index in [9.17, 15) is 4.79 Å². The van der Waals surface area contributed by atoms with Crippen molar-refractivity contribution in [2.75, 3.05) is 37.9 Å². The largest absolute Gasteiger partial charge is 0.495 e. The van der Waals surface area contributed by atoms with Crippen molar-refractivity contribution in [1.29, 1.82) is 0 Å². The van der Waals surface area contributed by atoms with Crippen LogP contribution in [0.2, 0.25) is 0 Å². The molecule has 0 atom stereocenters. The van der Waals surface area contributed by atoms with Crippen molar-refractivity contribution >= 4 is 23.5 Å². The van der Waals surface area contributed by atoms with E-state index in [0.29, 0.717) is 11.4 Å². The van der Waals surface area contributed by atoms with E-state index in [1.54, 1.807) is 7.11 Å². The molecule has 2 aliphatic heterocycles. The minimum absolute atomic E-state index is 0.0405. The number of amides is 2. The minimum atomic E-state index is -0.0719. The number of carbonyl (C=O) groups excluding carboxylic acids is 1. The fourth-order valence-corrected chi connectivity index (χ4v) is 3.95. The van der Waals surface area contributed by atoms with E-state index in [-0.39, 0.29) is 11.0 Å². The molecule has 0 unspecified atom stereocenters. The first-order valence-electron chi connectivity index (χ1n) is 7.19. The third-order valence-electron chi connectivity index (χ3n) is 3.97. The molecule has 1 N–H and O–H groups in total. The van der Waals surface area contributed by atoms with Crippen LogP contribution in [0.15, 0.2) is 24.3 Å². The number of thioether (sulfide) groups is 1. The van der Waals surface area contributed by atoms with Crippen LogP contribution in [0.3, 0.4) is 0 Å². The molecule has 2 fully saturated rings. The molecule has 1 aromatic carbocycles. The predicted molar refractivity (Wildman–Crippen MR) is 84.0 cm³/mol. The maximum absolute atomic E-state index is 12.4. The number of hydrogen-bond donors (Lipinski definition) is 1. The number of methoxy groups -OCH3 is 1. The third-order valence-corrected chi connectivity index (χ3v) is 5.40. The zero-order valence-electron chi connectivity index (χ0n) is 12.1. The number of ether oxygens (including phenoxy) is 2. The Morgan fingerprint density at radius 3 is 2.81 bits per heavy atom. The maximum Gasteiger partial charge on any atom is 0.321 e. The Balaban J connectivity index is 1.59. The summed E-state index contributed by atoms with van der Waals surface area (Å²) in [4.78, 5) is 14.2. The van der Waals surface area contributed by atoms with E-state index >= 15 is 0 Å². The van der Waals surface area contributed by atoms with E-state index in [0.717, 1.165) is 38.3 Å². The van der Waals surface area contributed by atoms with Crippen LogP contribution in [-0.4, -0.2) is 48.4 Å². The van der Waals surface area contributed by atoms with Crippen molar-refractivity contribution < 1.29 is 14.3 Å².